The molecule has 18 atom stereocenters. The molecule has 4 saturated heterocycles. The Kier molecular flexibility index (Phi) is 14.9. The second-order valence-corrected chi connectivity index (χ2v) is 18.8. The number of aliphatic hydroxyl groups excluding tert-OH is 1. The number of carboxylic acids is 1. The molecule has 4 N–H and O–H groups in total. The number of aliphatic carboxylic acids is 1. The van der Waals surface area contributed by atoms with E-state index in [4.69, 9.17) is 28.4 Å². The van der Waals surface area contributed by atoms with Gasteiger partial charge in [-0.25, -0.2) is 4.79 Å². The molecule has 13 heteroatoms. The van der Waals surface area contributed by atoms with Crippen molar-refractivity contribution in [2.75, 3.05) is 6.61 Å². The topological polar surface area (TPSA) is 179 Å². The van der Waals surface area contributed by atoms with E-state index in [0.717, 1.165) is 6.42 Å². The minimum Gasteiger partial charge on any atom is -0.481 e. The van der Waals surface area contributed by atoms with Crippen molar-refractivity contribution in [2.24, 2.45) is 41.4 Å². The second-order valence-electron chi connectivity index (χ2n) is 18.8. The predicted molar refractivity (Wildman–Crippen MR) is 217 cm³/mol. The van der Waals surface area contributed by atoms with E-state index >= 15 is 0 Å². The van der Waals surface area contributed by atoms with Gasteiger partial charge >= 0.3 is 12.1 Å². The first-order chi connectivity index (χ1) is 27.2. The number of hydrogen-bond acceptors (Lipinski definition) is 11. The molecule has 5 heterocycles. The molecule has 1 amide bonds. The van der Waals surface area contributed by atoms with Gasteiger partial charge in [0.1, 0.15) is 11.8 Å². The summed E-state index contributed by atoms with van der Waals surface area (Å²) < 4.78 is 39.5. The van der Waals surface area contributed by atoms with Gasteiger partial charge in [-0.2, -0.15) is 0 Å². The molecule has 2 spiro atoms. The van der Waals surface area contributed by atoms with Gasteiger partial charge in [-0.05, 0) is 96.5 Å². The maximum Gasteiger partial charge on any atom is 0.407 e. The van der Waals surface area contributed by atoms with E-state index in [9.17, 15) is 29.7 Å². The molecule has 0 aromatic carbocycles. The zero-order valence-corrected chi connectivity index (χ0v) is 37.0. The molecule has 5 aliphatic rings. The Morgan fingerprint density at radius 1 is 0.897 bits per heavy atom. The number of carboxylic acid groups (broad SMARTS) is 1. The fourth-order valence-corrected chi connectivity index (χ4v) is 11.0. The molecule has 5 rings (SSSR count). The highest BCUT2D eigenvalue weighted by Crippen LogP contribution is 2.54. The van der Waals surface area contributed by atoms with Gasteiger partial charge in [0.2, 0.25) is 0 Å². The smallest absolute Gasteiger partial charge is 0.407 e. The third kappa shape index (κ3) is 9.07. The van der Waals surface area contributed by atoms with E-state index in [1.165, 1.54) is 0 Å². The second kappa shape index (κ2) is 18.5. The Balaban J connectivity index is 1.38. The normalized spacial score (nSPS) is 43.0. The average molecular weight is 822 g/mol. The molecule has 0 radical (unpaired) electrons. The summed E-state index contributed by atoms with van der Waals surface area (Å²) in [5.74, 6) is -6.02. The number of aliphatic hydroxyl groups is 2. The van der Waals surface area contributed by atoms with Crippen LogP contribution in [-0.4, -0.2) is 105 Å². The van der Waals surface area contributed by atoms with Crippen molar-refractivity contribution < 1.29 is 58.1 Å². The van der Waals surface area contributed by atoms with Crippen molar-refractivity contribution in [3.05, 3.63) is 12.2 Å². The lowest BCUT2D eigenvalue weighted by Crippen LogP contribution is -2.65. The van der Waals surface area contributed by atoms with Crippen molar-refractivity contribution in [3.63, 3.8) is 0 Å². The van der Waals surface area contributed by atoms with Crippen molar-refractivity contribution in [3.8, 4) is 0 Å². The maximum absolute atomic E-state index is 14.6. The van der Waals surface area contributed by atoms with Crippen LogP contribution < -0.4 is 5.32 Å². The number of alkyl carbamates (subject to hydrolysis) is 1. The van der Waals surface area contributed by atoms with E-state index in [1.807, 2.05) is 53.7 Å². The van der Waals surface area contributed by atoms with Crippen LogP contribution in [0.2, 0.25) is 0 Å². The summed E-state index contributed by atoms with van der Waals surface area (Å²) in [4.78, 5) is 39.5. The number of ketones is 1. The van der Waals surface area contributed by atoms with Gasteiger partial charge in [0.25, 0.3) is 0 Å². The summed E-state index contributed by atoms with van der Waals surface area (Å²) >= 11 is 0. The predicted octanol–water partition coefficient (Wildman–Crippen LogP) is 6.94. The number of ether oxygens (including phenoxy) is 6. The lowest BCUT2D eigenvalue weighted by Gasteiger charge is -2.55. The third-order valence-corrected chi connectivity index (χ3v) is 15.0. The first kappa shape index (κ1) is 46.9. The Morgan fingerprint density at radius 3 is 2.19 bits per heavy atom. The van der Waals surface area contributed by atoms with Crippen LogP contribution in [0, 0.1) is 41.4 Å². The van der Waals surface area contributed by atoms with Gasteiger partial charge in [-0.15, -0.1) is 0 Å². The van der Waals surface area contributed by atoms with Gasteiger partial charge in [0.05, 0.1) is 60.4 Å². The number of rotatable bonds is 14. The van der Waals surface area contributed by atoms with Crippen LogP contribution in [0.25, 0.3) is 0 Å². The van der Waals surface area contributed by atoms with E-state index < -0.39 is 95.1 Å². The van der Waals surface area contributed by atoms with Crippen LogP contribution in [0.4, 0.5) is 4.79 Å². The molecule has 0 aromatic heterocycles. The number of amides is 1. The van der Waals surface area contributed by atoms with E-state index in [2.05, 4.69) is 26.1 Å². The SMILES string of the molecule is CCOC(=O)N[C@@H]1C=C[C@]2(O[C@H]([C@@H](CC)C(=O)[C@@H](C)[C@@H](O)[C@H](C)[C@@H]3O[C@@H]([C@@H](CC)C(=O)O)CC[C@@H]3C)[C@@H](C)C[C@H]2C)O[C@@]12CC[C@@](C)([C@H]1CC[C@](O)(CC)[C@H](C)O1)O2. The molecule has 58 heavy (non-hydrogen) atoms. The summed E-state index contributed by atoms with van der Waals surface area (Å²) in [5, 5.41) is 35.8. The molecule has 0 unspecified atom stereocenters. The molecule has 0 saturated carbocycles. The molecular weight excluding hydrogens is 746 g/mol. The number of carbonyl (C=O) groups excluding carboxylic acids is 2. The van der Waals surface area contributed by atoms with E-state index in [-0.39, 0.29) is 36.2 Å². The van der Waals surface area contributed by atoms with Crippen LogP contribution in [0.15, 0.2) is 12.2 Å². The van der Waals surface area contributed by atoms with Gasteiger partial charge in [0, 0.05) is 30.1 Å². The minimum absolute atomic E-state index is 0.0201. The maximum atomic E-state index is 14.6. The van der Waals surface area contributed by atoms with Crippen LogP contribution in [0.3, 0.4) is 0 Å². The van der Waals surface area contributed by atoms with Crippen molar-refractivity contribution in [1.29, 1.82) is 0 Å². The minimum atomic E-state index is -1.35. The van der Waals surface area contributed by atoms with Gasteiger partial charge in [0.15, 0.2) is 11.6 Å². The zero-order valence-electron chi connectivity index (χ0n) is 37.0. The van der Waals surface area contributed by atoms with E-state index in [1.54, 1.807) is 13.8 Å². The standard InChI is InChI=1S/C45H75NO12/c1-12-31(40(49)50)33-17-16-25(5)38(55-33)29(9)36(47)28(8)37(48)32(13-2)39-26(6)24-27(7)44(56-39)21-18-34(46-41(51)53-15-4)45(58-44)23-22-42(11,57-45)35-19-20-43(52,14-3)30(10)54-35/h18,21,25-36,38-39,47,52H,12-17,19-20,22-24H2,1-11H3,(H,46,51)(H,49,50)/t25-,26-,27+,28-,29-,30-,31+,32-,33+,34+,35+,36+,38+,39-,42-,43+,44-,45-/m0/s1. The van der Waals surface area contributed by atoms with Crippen molar-refractivity contribution in [2.45, 2.75) is 206 Å². The van der Waals surface area contributed by atoms with E-state index in [0.29, 0.717) is 57.8 Å². The van der Waals surface area contributed by atoms with Crippen molar-refractivity contribution in [1.82, 2.24) is 5.32 Å². The zero-order chi connectivity index (χ0) is 43.0. The quantitative estimate of drug-likeness (QED) is 0.133. The number of carbonyl (C=O) groups is 3. The summed E-state index contributed by atoms with van der Waals surface area (Å²) in [5.41, 5.74) is -1.71. The van der Waals surface area contributed by atoms with Crippen LogP contribution >= 0.6 is 0 Å². The Morgan fingerprint density at radius 2 is 1.59 bits per heavy atom. The fourth-order valence-electron chi connectivity index (χ4n) is 11.0. The highest BCUT2D eigenvalue weighted by Gasteiger charge is 2.63. The third-order valence-electron chi connectivity index (χ3n) is 15.0. The Labute approximate surface area is 346 Å². The molecule has 0 aliphatic carbocycles. The number of hydrogen-bond donors (Lipinski definition) is 4. The largest absolute Gasteiger partial charge is 0.481 e. The molecular formula is C45H75NO12. The summed E-state index contributed by atoms with van der Waals surface area (Å²) in [6, 6.07) is -0.714. The Hall–Kier alpha value is -2.13. The van der Waals surface area contributed by atoms with Gasteiger partial charge in [-0.3, -0.25) is 9.59 Å². The summed E-state index contributed by atoms with van der Waals surface area (Å²) in [7, 11) is 0. The number of nitrogens with one attached hydrogen (secondary N) is 1. The highest BCUT2D eigenvalue weighted by atomic mass is 16.8. The molecule has 0 aromatic rings. The molecule has 332 valence electrons. The Bertz CT molecular complexity index is 1480. The lowest BCUT2D eigenvalue weighted by molar-refractivity contribution is -0.398. The van der Waals surface area contributed by atoms with Gasteiger partial charge < -0.3 is 49.1 Å². The first-order valence-corrected chi connectivity index (χ1v) is 22.4. The van der Waals surface area contributed by atoms with Crippen LogP contribution in [-0.2, 0) is 38.0 Å². The first-order valence-electron chi connectivity index (χ1n) is 22.4. The fraction of sp³-hybridized carbons (Fsp3) is 0.889. The average Bonchev–Trinajstić information content (AvgIpc) is 3.52. The molecule has 0 bridgehead atoms. The molecule has 4 fully saturated rings. The summed E-state index contributed by atoms with van der Waals surface area (Å²) in [6.07, 6.45) is 5.81. The molecule has 5 aliphatic heterocycles. The van der Waals surface area contributed by atoms with Gasteiger partial charge in [-0.1, -0.05) is 61.5 Å². The van der Waals surface area contributed by atoms with Crippen molar-refractivity contribution >= 4 is 17.8 Å². The lowest BCUT2D eigenvalue weighted by atomic mass is 9.72. The van der Waals surface area contributed by atoms with Crippen LogP contribution in [0.5, 0.6) is 0 Å². The van der Waals surface area contributed by atoms with Crippen LogP contribution in [0.1, 0.15) is 140 Å². The highest BCUT2D eigenvalue weighted by molar-refractivity contribution is 5.84. The molecule has 13 nitrogen and oxygen atoms in total. The number of Topliss-reactive ketones (excluding diaryl/α,β-unsaturated/α-hetero) is 1. The monoisotopic (exact) mass is 822 g/mol. The summed E-state index contributed by atoms with van der Waals surface area (Å²) in [6.45, 7) is 21.5.